The number of amides is 2. The zero-order chi connectivity index (χ0) is 16.1. The number of nitrogens with zero attached hydrogens (tertiary/aromatic N) is 1. The van der Waals surface area contributed by atoms with Gasteiger partial charge < -0.3 is 10.2 Å². The van der Waals surface area contributed by atoms with Gasteiger partial charge in [-0.1, -0.05) is 31.7 Å². The third kappa shape index (κ3) is 4.12. The lowest BCUT2D eigenvalue weighted by molar-refractivity contribution is -0.119. The van der Waals surface area contributed by atoms with Crippen molar-refractivity contribution < 1.29 is 9.59 Å². The summed E-state index contributed by atoms with van der Waals surface area (Å²) in [4.78, 5) is 26.8. The van der Waals surface area contributed by atoms with E-state index in [0.29, 0.717) is 5.56 Å². The van der Waals surface area contributed by atoms with Gasteiger partial charge in [-0.3, -0.25) is 9.59 Å². The quantitative estimate of drug-likeness (QED) is 0.921. The molecule has 0 spiro atoms. The van der Waals surface area contributed by atoms with E-state index in [1.807, 2.05) is 29.2 Å². The van der Waals surface area contributed by atoms with Gasteiger partial charge in [0.05, 0.1) is 0 Å². The van der Waals surface area contributed by atoms with Crippen molar-refractivity contribution in [3.8, 4) is 0 Å². The summed E-state index contributed by atoms with van der Waals surface area (Å²) in [6.45, 7) is 1.69. The standard InChI is InChI=1S/C19H26N2O2/c22-18(15-8-3-4-9-15)20-17-11-7-10-16(14-17)19(23)21-12-5-1-2-6-13-21/h7,10-11,14-15H,1-6,8-9,12-13H2,(H,20,22). The van der Waals surface area contributed by atoms with Crippen LogP contribution in [-0.4, -0.2) is 29.8 Å². The minimum absolute atomic E-state index is 0.0869. The van der Waals surface area contributed by atoms with Crippen LogP contribution in [0.4, 0.5) is 5.69 Å². The summed E-state index contributed by atoms with van der Waals surface area (Å²) in [5.74, 6) is 0.325. The molecule has 124 valence electrons. The molecule has 0 atom stereocenters. The first-order valence-electron chi connectivity index (χ1n) is 8.94. The molecule has 1 aromatic carbocycles. The van der Waals surface area contributed by atoms with E-state index in [1.165, 1.54) is 12.8 Å². The second kappa shape index (κ2) is 7.62. The van der Waals surface area contributed by atoms with E-state index in [9.17, 15) is 9.59 Å². The van der Waals surface area contributed by atoms with Crippen molar-refractivity contribution >= 4 is 17.5 Å². The second-order valence-corrected chi connectivity index (χ2v) is 6.76. The Kier molecular flexibility index (Phi) is 5.31. The van der Waals surface area contributed by atoms with Crippen LogP contribution in [0.25, 0.3) is 0 Å². The average molecular weight is 314 g/mol. The van der Waals surface area contributed by atoms with Gasteiger partial charge in [0.1, 0.15) is 0 Å². The highest BCUT2D eigenvalue weighted by Crippen LogP contribution is 2.26. The summed E-state index contributed by atoms with van der Waals surface area (Å²) >= 11 is 0. The molecule has 0 radical (unpaired) electrons. The zero-order valence-electron chi connectivity index (χ0n) is 13.7. The molecule has 23 heavy (non-hydrogen) atoms. The molecule has 1 heterocycles. The fraction of sp³-hybridized carbons (Fsp3) is 0.579. The van der Waals surface area contributed by atoms with Gasteiger partial charge in [0.2, 0.25) is 5.91 Å². The van der Waals surface area contributed by atoms with E-state index >= 15 is 0 Å². The number of carbonyl (C=O) groups excluding carboxylic acids is 2. The second-order valence-electron chi connectivity index (χ2n) is 6.76. The van der Waals surface area contributed by atoms with Crippen LogP contribution in [0, 0.1) is 5.92 Å². The Balaban J connectivity index is 1.66. The van der Waals surface area contributed by atoms with Crippen molar-refractivity contribution in [2.75, 3.05) is 18.4 Å². The van der Waals surface area contributed by atoms with Crippen molar-refractivity contribution in [2.24, 2.45) is 5.92 Å². The van der Waals surface area contributed by atoms with Gasteiger partial charge in [0.15, 0.2) is 0 Å². The fourth-order valence-corrected chi connectivity index (χ4v) is 3.62. The van der Waals surface area contributed by atoms with Crippen LogP contribution < -0.4 is 5.32 Å². The van der Waals surface area contributed by atoms with Gasteiger partial charge in [-0.05, 0) is 43.9 Å². The summed E-state index contributed by atoms with van der Waals surface area (Å²) in [5.41, 5.74) is 1.42. The molecule has 1 aliphatic carbocycles. The van der Waals surface area contributed by atoms with E-state index in [4.69, 9.17) is 0 Å². The first kappa shape index (κ1) is 16.0. The maximum absolute atomic E-state index is 12.7. The van der Waals surface area contributed by atoms with Gasteiger partial charge in [0, 0.05) is 30.3 Å². The smallest absolute Gasteiger partial charge is 0.253 e. The van der Waals surface area contributed by atoms with Crippen LogP contribution in [-0.2, 0) is 4.79 Å². The predicted octanol–water partition coefficient (Wildman–Crippen LogP) is 3.83. The van der Waals surface area contributed by atoms with E-state index in [1.54, 1.807) is 0 Å². The third-order valence-electron chi connectivity index (χ3n) is 5.00. The topological polar surface area (TPSA) is 49.4 Å². The number of nitrogens with one attached hydrogen (secondary N) is 1. The molecular weight excluding hydrogens is 288 g/mol. The first-order chi connectivity index (χ1) is 11.2. The molecule has 1 aromatic rings. The van der Waals surface area contributed by atoms with Gasteiger partial charge in [0.25, 0.3) is 5.91 Å². The molecule has 1 N–H and O–H groups in total. The molecule has 1 saturated heterocycles. The van der Waals surface area contributed by atoms with Crippen molar-refractivity contribution in [2.45, 2.75) is 51.4 Å². The molecule has 0 unspecified atom stereocenters. The van der Waals surface area contributed by atoms with Gasteiger partial charge in [-0.15, -0.1) is 0 Å². The molecule has 2 fully saturated rings. The lowest BCUT2D eigenvalue weighted by Gasteiger charge is -2.20. The van der Waals surface area contributed by atoms with Gasteiger partial charge in [-0.25, -0.2) is 0 Å². The molecule has 4 heteroatoms. The molecule has 2 amide bonds. The number of rotatable bonds is 3. The number of benzene rings is 1. The molecule has 1 aliphatic heterocycles. The SMILES string of the molecule is O=C(Nc1cccc(C(=O)N2CCCCCC2)c1)C1CCCC1. The lowest BCUT2D eigenvalue weighted by Crippen LogP contribution is -2.31. The van der Waals surface area contributed by atoms with E-state index in [-0.39, 0.29) is 17.7 Å². The zero-order valence-corrected chi connectivity index (χ0v) is 13.7. The molecule has 0 aromatic heterocycles. The van der Waals surface area contributed by atoms with Crippen LogP contribution in [0.5, 0.6) is 0 Å². The van der Waals surface area contributed by atoms with Crippen molar-refractivity contribution in [1.82, 2.24) is 4.90 Å². The molecule has 1 saturated carbocycles. The van der Waals surface area contributed by atoms with Crippen molar-refractivity contribution in [1.29, 1.82) is 0 Å². The number of anilines is 1. The highest BCUT2D eigenvalue weighted by atomic mass is 16.2. The third-order valence-corrected chi connectivity index (χ3v) is 5.00. The number of carbonyl (C=O) groups is 2. The number of likely N-dealkylation sites (tertiary alicyclic amines) is 1. The average Bonchev–Trinajstić information content (AvgIpc) is 2.97. The summed E-state index contributed by atoms with van der Waals surface area (Å²) in [7, 11) is 0. The Bertz CT molecular complexity index is 556. The molecule has 3 rings (SSSR count). The van der Waals surface area contributed by atoms with Crippen molar-refractivity contribution in [3.63, 3.8) is 0 Å². The van der Waals surface area contributed by atoms with Crippen LogP contribution in [0.2, 0.25) is 0 Å². The minimum Gasteiger partial charge on any atom is -0.339 e. The first-order valence-corrected chi connectivity index (χ1v) is 8.94. The van der Waals surface area contributed by atoms with Crippen LogP contribution in [0.1, 0.15) is 61.7 Å². The predicted molar refractivity (Wildman–Crippen MR) is 91.4 cm³/mol. The normalized spacial score (nSPS) is 19.4. The van der Waals surface area contributed by atoms with E-state index in [2.05, 4.69) is 5.32 Å². The molecule has 4 nitrogen and oxygen atoms in total. The number of hydrogen-bond donors (Lipinski definition) is 1. The van der Waals surface area contributed by atoms with Crippen molar-refractivity contribution in [3.05, 3.63) is 29.8 Å². The maximum atomic E-state index is 12.7. The van der Waals surface area contributed by atoms with Gasteiger partial charge >= 0.3 is 0 Å². The molecule has 2 aliphatic rings. The molecular formula is C19H26N2O2. The Hall–Kier alpha value is -1.84. The lowest BCUT2D eigenvalue weighted by atomic mass is 10.1. The minimum atomic E-state index is 0.0869. The molecule has 0 bridgehead atoms. The van der Waals surface area contributed by atoms with Crippen LogP contribution in [0.15, 0.2) is 24.3 Å². The van der Waals surface area contributed by atoms with Gasteiger partial charge in [-0.2, -0.15) is 0 Å². The highest BCUT2D eigenvalue weighted by Gasteiger charge is 2.23. The summed E-state index contributed by atoms with van der Waals surface area (Å²) in [5, 5.41) is 2.98. The van der Waals surface area contributed by atoms with E-state index in [0.717, 1.165) is 57.3 Å². The van der Waals surface area contributed by atoms with Crippen LogP contribution in [0.3, 0.4) is 0 Å². The summed E-state index contributed by atoms with van der Waals surface area (Å²) in [6.07, 6.45) is 8.85. The van der Waals surface area contributed by atoms with E-state index < -0.39 is 0 Å². The Morgan fingerprint density at radius 2 is 1.65 bits per heavy atom. The Morgan fingerprint density at radius 1 is 0.957 bits per heavy atom. The highest BCUT2D eigenvalue weighted by molar-refractivity contribution is 5.97. The monoisotopic (exact) mass is 314 g/mol. The summed E-state index contributed by atoms with van der Waals surface area (Å²) in [6, 6.07) is 7.39. The Morgan fingerprint density at radius 3 is 2.35 bits per heavy atom. The maximum Gasteiger partial charge on any atom is 0.253 e. The summed E-state index contributed by atoms with van der Waals surface area (Å²) < 4.78 is 0. The fourth-order valence-electron chi connectivity index (χ4n) is 3.62. The van der Waals surface area contributed by atoms with Crippen LogP contribution >= 0.6 is 0 Å². The number of hydrogen-bond acceptors (Lipinski definition) is 2. The largest absolute Gasteiger partial charge is 0.339 e. The Labute approximate surface area is 138 Å².